The van der Waals surface area contributed by atoms with Gasteiger partial charge in [0.1, 0.15) is 33.6 Å². The highest BCUT2D eigenvalue weighted by Crippen LogP contribution is 2.40. The van der Waals surface area contributed by atoms with Gasteiger partial charge >= 0.3 is 0 Å². The van der Waals surface area contributed by atoms with Crippen molar-refractivity contribution in [3.63, 3.8) is 0 Å². The lowest BCUT2D eigenvalue weighted by Gasteiger charge is -2.41. The molecule has 1 fully saturated rings. The smallest absolute Gasteiger partial charge is 0.274 e. The maximum Gasteiger partial charge on any atom is 0.274 e. The number of ether oxygens (including phenoxy) is 3. The molecule has 33 heavy (non-hydrogen) atoms. The molecule has 3 aromatic rings. The molecule has 0 spiro atoms. The lowest BCUT2D eigenvalue weighted by atomic mass is 9.60. The van der Waals surface area contributed by atoms with E-state index in [1.54, 1.807) is 6.07 Å². The molecule has 2 aromatic heterocycles. The SMILES string of the molecule is [B]C1([B])Oc2cc(OC3CCNCC3)ccc2OC1CCc1nn2c(=O)ccnc2cc1C. The van der Waals surface area contributed by atoms with Gasteiger partial charge in [0.15, 0.2) is 17.1 Å². The minimum atomic E-state index is -1.52. The molecule has 1 unspecified atom stereocenters. The topological polar surface area (TPSA) is 87.0 Å². The molecule has 1 atom stereocenters. The summed E-state index contributed by atoms with van der Waals surface area (Å²) in [4.78, 5) is 16.3. The normalized spacial score (nSPS) is 20.0. The standard InChI is InChI=1S/C23H24B2N4O4/c1-14-12-21-27-11-8-22(30)29(21)28-17(14)3-5-20-23(24,25)33-19-13-16(2-4-18(19)32-20)31-15-6-9-26-10-7-15/h2,4,8,11-13,15,20,26H,3,5-7,9-10H2,1H3. The van der Waals surface area contributed by atoms with Gasteiger partial charge in [-0.15, -0.1) is 0 Å². The second-order valence-electron chi connectivity index (χ2n) is 8.60. The summed E-state index contributed by atoms with van der Waals surface area (Å²) in [5.41, 5.74) is 1.93. The van der Waals surface area contributed by atoms with Gasteiger partial charge in [0.2, 0.25) is 0 Å². The molecule has 1 N–H and O–H groups in total. The first kappa shape index (κ1) is 21.8. The summed E-state index contributed by atoms with van der Waals surface area (Å²) < 4.78 is 19.4. The lowest BCUT2D eigenvalue weighted by molar-refractivity contribution is 0.0347. The van der Waals surface area contributed by atoms with Gasteiger partial charge in [-0.3, -0.25) is 4.79 Å². The van der Waals surface area contributed by atoms with Crippen molar-refractivity contribution in [2.24, 2.45) is 0 Å². The Morgan fingerprint density at radius 1 is 1.21 bits per heavy atom. The van der Waals surface area contributed by atoms with Crippen molar-refractivity contribution in [2.75, 3.05) is 13.1 Å². The number of hydrogen-bond acceptors (Lipinski definition) is 7. The number of aromatic nitrogens is 3. The predicted molar refractivity (Wildman–Crippen MR) is 125 cm³/mol. The molecule has 0 saturated carbocycles. The largest absolute Gasteiger partial charge is 0.499 e. The number of nitrogens with zero attached hydrogens (tertiary/aromatic N) is 3. The van der Waals surface area contributed by atoms with Crippen molar-refractivity contribution < 1.29 is 14.2 Å². The Bertz CT molecular complexity index is 1230. The van der Waals surface area contributed by atoms with Crippen molar-refractivity contribution in [3.8, 4) is 17.2 Å². The molecule has 10 heteroatoms. The molecule has 8 nitrogen and oxygen atoms in total. The third-order valence-electron chi connectivity index (χ3n) is 6.08. The van der Waals surface area contributed by atoms with E-state index in [0.29, 0.717) is 35.7 Å². The van der Waals surface area contributed by atoms with E-state index in [1.807, 2.05) is 25.1 Å². The number of aryl methyl sites for hydroxylation is 2. The van der Waals surface area contributed by atoms with E-state index in [1.165, 1.54) is 16.8 Å². The summed E-state index contributed by atoms with van der Waals surface area (Å²) in [6.07, 6.45) is 3.90. The van der Waals surface area contributed by atoms with Crippen molar-refractivity contribution in [1.82, 2.24) is 19.9 Å². The van der Waals surface area contributed by atoms with Gasteiger partial charge in [0, 0.05) is 18.3 Å². The molecule has 0 bridgehead atoms. The zero-order valence-corrected chi connectivity index (χ0v) is 18.5. The van der Waals surface area contributed by atoms with Crippen LogP contribution in [0.2, 0.25) is 0 Å². The van der Waals surface area contributed by atoms with Gasteiger partial charge in [-0.25, -0.2) is 4.98 Å². The summed E-state index contributed by atoms with van der Waals surface area (Å²) in [5.74, 6) is 1.72. The third kappa shape index (κ3) is 4.57. The van der Waals surface area contributed by atoms with E-state index in [-0.39, 0.29) is 11.7 Å². The Labute approximate surface area is 194 Å². The molecule has 5 rings (SSSR count). The van der Waals surface area contributed by atoms with Crippen molar-refractivity contribution in [1.29, 1.82) is 0 Å². The van der Waals surface area contributed by atoms with Crippen molar-refractivity contribution in [3.05, 3.63) is 58.1 Å². The third-order valence-corrected chi connectivity index (χ3v) is 6.08. The van der Waals surface area contributed by atoms with Crippen LogP contribution < -0.4 is 25.1 Å². The first-order chi connectivity index (χ1) is 15.9. The second kappa shape index (κ2) is 8.74. The van der Waals surface area contributed by atoms with Gasteiger partial charge in [0.05, 0.1) is 11.1 Å². The minimum absolute atomic E-state index is 0.169. The number of fused-ring (bicyclic) bond motifs is 2. The van der Waals surface area contributed by atoms with Gasteiger partial charge < -0.3 is 19.5 Å². The first-order valence-electron chi connectivity index (χ1n) is 11.2. The van der Waals surface area contributed by atoms with Crippen LogP contribution in [-0.4, -0.2) is 61.0 Å². The fraction of sp³-hybridized carbons (Fsp3) is 0.435. The maximum atomic E-state index is 12.1. The van der Waals surface area contributed by atoms with Crippen LogP contribution in [0.15, 0.2) is 41.3 Å². The molecule has 4 heterocycles. The van der Waals surface area contributed by atoms with E-state index in [2.05, 4.69) is 15.4 Å². The van der Waals surface area contributed by atoms with Crippen LogP contribution >= 0.6 is 0 Å². The van der Waals surface area contributed by atoms with E-state index in [9.17, 15) is 4.79 Å². The molecule has 1 aromatic carbocycles. The average molecular weight is 442 g/mol. The molecule has 2 aliphatic heterocycles. The Morgan fingerprint density at radius 3 is 2.85 bits per heavy atom. The Hall–Kier alpha value is -3.00. The summed E-state index contributed by atoms with van der Waals surface area (Å²) in [5, 5.41) is 6.26. The quantitative estimate of drug-likeness (QED) is 0.597. The maximum absolute atomic E-state index is 12.1. The highest BCUT2D eigenvalue weighted by molar-refractivity contribution is 6.40. The van der Waals surface area contributed by atoms with Crippen LogP contribution in [0.5, 0.6) is 17.2 Å². The monoisotopic (exact) mass is 442 g/mol. The van der Waals surface area contributed by atoms with Crippen LogP contribution in [0.1, 0.15) is 30.5 Å². The molecule has 4 radical (unpaired) electrons. The number of nitrogens with one attached hydrogen (secondary N) is 1. The Balaban J connectivity index is 1.31. The zero-order valence-electron chi connectivity index (χ0n) is 18.5. The summed E-state index contributed by atoms with van der Waals surface area (Å²) in [6, 6.07) is 8.67. The molecule has 0 aliphatic carbocycles. The number of hydrogen-bond donors (Lipinski definition) is 1. The number of benzene rings is 1. The second-order valence-corrected chi connectivity index (χ2v) is 8.60. The van der Waals surface area contributed by atoms with Crippen molar-refractivity contribution >= 4 is 21.3 Å². The highest BCUT2D eigenvalue weighted by Gasteiger charge is 2.37. The van der Waals surface area contributed by atoms with E-state index < -0.39 is 11.5 Å². The lowest BCUT2D eigenvalue weighted by Crippen LogP contribution is -2.54. The zero-order chi connectivity index (χ0) is 23.0. The summed E-state index contributed by atoms with van der Waals surface area (Å²) >= 11 is 0. The van der Waals surface area contributed by atoms with E-state index >= 15 is 0 Å². The Kier molecular flexibility index (Phi) is 5.78. The number of piperidine rings is 1. The van der Waals surface area contributed by atoms with Crippen LogP contribution in [0.3, 0.4) is 0 Å². The minimum Gasteiger partial charge on any atom is -0.499 e. The van der Waals surface area contributed by atoms with Gasteiger partial charge in [-0.1, -0.05) is 0 Å². The van der Waals surface area contributed by atoms with Gasteiger partial charge in [-0.05, 0) is 69.5 Å². The highest BCUT2D eigenvalue weighted by atomic mass is 16.6. The molecule has 166 valence electrons. The molecule has 0 amide bonds. The predicted octanol–water partition coefficient (Wildman–Crippen LogP) is 1.29. The summed E-state index contributed by atoms with van der Waals surface area (Å²) in [6.45, 7) is 3.82. The molecule has 1 saturated heterocycles. The fourth-order valence-electron chi connectivity index (χ4n) is 4.24. The van der Waals surface area contributed by atoms with Gasteiger partial charge in [-0.2, -0.15) is 9.61 Å². The molecular weight excluding hydrogens is 418 g/mol. The molecule has 2 aliphatic rings. The summed E-state index contributed by atoms with van der Waals surface area (Å²) in [7, 11) is 12.6. The van der Waals surface area contributed by atoms with Crippen LogP contribution in [0.4, 0.5) is 0 Å². The van der Waals surface area contributed by atoms with Crippen LogP contribution in [0.25, 0.3) is 5.65 Å². The van der Waals surface area contributed by atoms with Crippen LogP contribution in [0, 0.1) is 6.92 Å². The van der Waals surface area contributed by atoms with Gasteiger partial charge in [0.25, 0.3) is 5.56 Å². The fourth-order valence-corrected chi connectivity index (χ4v) is 4.24. The van der Waals surface area contributed by atoms with Crippen LogP contribution in [-0.2, 0) is 6.42 Å². The van der Waals surface area contributed by atoms with Crippen molar-refractivity contribution in [2.45, 2.75) is 50.2 Å². The average Bonchev–Trinajstić information content (AvgIpc) is 2.78. The van der Waals surface area contributed by atoms with E-state index in [4.69, 9.17) is 29.9 Å². The number of rotatable bonds is 5. The molecular formula is C23H24B2N4O4. The van der Waals surface area contributed by atoms with E-state index in [0.717, 1.165) is 37.2 Å². The Morgan fingerprint density at radius 2 is 2.03 bits per heavy atom. The first-order valence-corrected chi connectivity index (χ1v) is 11.2.